The van der Waals surface area contributed by atoms with Crippen molar-refractivity contribution in [2.75, 3.05) is 13.2 Å². The van der Waals surface area contributed by atoms with E-state index in [1.807, 2.05) is 6.92 Å². The number of hydrogen-bond acceptors (Lipinski definition) is 3. The molecule has 0 aromatic heterocycles. The van der Waals surface area contributed by atoms with Crippen LogP contribution in [0.2, 0.25) is 0 Å². The normalized spacial score (nSPS) is 12.5. The van der Waals surface area contributed by atoms with Gasteiger partial charge < -0.3 is 10.5 Å². The first-order valence-electron chi connectivity index (χ1n) is 5.59. The van der Waals surface area contributed by atoms with Crippen LogP contribution in [0, 0.1) is 5.92 Å². The minimum absolute atomic E-state index is 0.000163. The lowest BCUT2D eigenvalue weighted by Crippen LogP contribution is -2.16. The Balaban J connectivity index is 3.42. The molecule has 1 atom stereocenters. The molecular formula is C11H23NO2. The molecule has 0 amide bonds. The molecule has 0 bridgehead atoms. The van der Waals surface area contributed by atoms with Gasteiger partial charge >= 0.3 is 5.97 Å². The fourth-order valence-corrected chi connectivity index (χ4v) is 1.21. The highest BCUT2D eigenvalue weighted by atomic mass is 16.5. The molecular weight excluding hydrogens is 178 g/mol. The number of hydrogen-bond donors (Lipinski definition) is 1. The van der Waals surface area contributed by atoms with Crippen LogP contribution in [0.4, 0.5) is 0 Å². The van der Waals surface area contributed by atoms with Gasteiger partial charge in [0.2, 0.25) is 0 Å². The third-order valence-electron chi connectivity index (χ3n) is 2.24. The highest BCUT2D eigenvalue weighted by Gasteiger charge is 2.12. The lowest BCUT2D eigenvalue weighted by molar-refractivity contribution is -0.148. The van der Waals surface area contributed by atoms with Gasteiger partial charge in [0.25, 0.3) is 0 Å². The van der Waals surface area contributed by atoms with Crippen LogP contribution in [0.25, 0.3) is 0 Å². The van der Waals surface area contributed by atoms with Crippen LogP contribution in [0.15, 0.2) is 0 Å². The van der Waals surface area contributed by atoms with Gasteiger partial charge in [-0.2, -0.15) is 0 Å². The topological polar surface area (TPSA) is 52.3 Å². The van der Waals surface area contributed by atoms with Crippen LogP contribution in [-0.4, -0.2) is 19.1 Å². The largest absolute Gasteiger partial charge is 0.465 e. The molecule has 0 rings (SSSR count). The molecule has 2 N–H and O–H groups in total. The second kappa shape index (κ2) is 9.00. The van der Waals surface area contributed by atoms with Gasteiger partial charge in [-0.1, -0.05) is 26.7 Å². The van der Waals surface area contributed by atoms with Crippen LogP contribution >= 0.6 is 0 Å². The molecule has 0 heterocycles. The van der Waals surface area contributed by atoms with E-state index in [2.05, 4.69) is 6.92 Å². The summed E-state index contributed by atoms with van der Waals surface area (Å²) in [6.07, 6.45) is 4.99. The van der Waals surface area contributed by atoms with Crippen molar-refractivity contribution < 1.29 is 9.53 Å². The molecule has 0 aliphatic heterocycles. The molecule has 0 aliphatic carbocycles. The maximum absolute atomic E-state index is 11.3. The van der Waals surface area contributed by atoms with E-state index in [0.717, 1.165) is 32.1 Å². The molecule has 0 spiro atoms. The van der Waals surface area contributed by atoms with Crippen molar-refractivity contribution >= 4 is 5.97 Å². The average Bonchev–Trinajstić information content (AvgIpc) is 2.20. The van der Waals surface area contributed by atoms with Crippen molar-refractivity contribution in [3.8, 4) is 0 Å². The second-order valence-corrected chi connectivity index (χ2v) is 3.71. The molecule has 0 saturated carbocycles. The van der Waals surface area contributed by atoms with E-state index in [4.69, 9.17) is 10.5 Å². The summed E-state index contributed by atoms with van der Waals surface area (Å²) in [6.45, 7) is 5.25. The van der Waals surface area contributed by atoms with Gasteiger partial charge in [-0.25, -0.2) is 0 Å². The maximum Gasteiger partial charge on any atom is 0.308 e. The molecule has 14 heavy (non-hydrogen) atoms. The van der Waals surface area contributed by atoms with Gasteiger partial charge in [-0.3, -0.25) is 4.79 Å². The molecule has 0 aromatic rings. The van der Waals surface area contributed by atoms with E-state index in [-0.39, 0.29) is 11.9 Å². The quantitative estimate of drug-likeness (QED) is 0.483. The number of carbonyl (C=O) groups is 1. The van der Waals surface area contributed by atoms with Crippen LogP contribution in [0.3, 0.4) is 0 Å². The maximum atomic E-state index is 11.3. The first-order valence-corrected chi connectivity index (χ1v) is 5.59. The van der Waals surface area contributed by atoms with Gasteiger partial charge in [0, 0.05) is 0 Å². The van der Waals surface area contributed by atoms with Gasteiger partial charge in [0.05, 0.1) is 12.5 Å². The Hall–Kier alpha value is -0.570. The standard InChI is InChI=1S/C11H23NO2/c1-3-4-5-9-14-11(13)10(2)7-6-8-12/h10H,3-9,12H2,1-2H3. The molecule has 1 unspecified atom stereocenters. The summed E-state index contributed by atoms with van der Waals surface area (Å²) in [7, 11) is 0. The third kappa shape index (κ3) is 6.89. The summed E-state index contributed by atoms with van der Waals surface area (Å²) in [6, 6.07) is 0. The van der Waals surface area contributed by atoms with Gasteiger partial charge in [0.1, 0.15) is 0 Å². The fourth-order valence-electron chi connectivity index (χ4n) is 1.21. The van der Waals surface area contributed by atoms with Gasteiger partial charge in [0.15, 0.2) is 0 Å². The number of esters is 1. The minimum atomic E-state index is -0.0745. The van der Waals surface area contributed by atoms with Crippen LogP contribution in [-0.2, 0) is 9.53 Å². The Labute approximate surface area is 87.0 Å². The van der Waals surface area contributed by atoms with E-state index in [1.165, 1.54) is 0 Å². The average molecular weight is 201 g/mol. The van der Waals surface area contributed by atoms with Crippen LogP contribution in [0.5, 0.6) is 0 Å². The Morgan fingerprint density at radius 3 is 2.64 bits per heavy atom. The number of carbonyl (C=O) groups excluding carboxylic acids is 1. The van der Waals surface area contributed by atoms with Crippen molar-refractivity contribution in [1.29, 1.82) is 0 Å². The summed E-state index contributed by atoms with van der Waals surface area (Å²) in [4.78, 5) is 11.3. The zero-order chi connectivity index (χ0) is 10.8. The van der Waals surface area contributed by atoms with Gasteiger partial charge in [-0.05, 0) is 25.8 Å². The summed E-state index contributed by atoms with van der Waals surface area (Å²) < 4.78 is 5.12. The summed E-state index contributed by atoms with van der Waals surface area (Å²) in [5, 5.41) is 0. The Bertz CT molecular complexity index is 148. The predicted molar refractivity (Wildman–Crippen MR) is 57.9 cm³/mol. The third-order valence-corrected chi connectivity index (χ3v) is 2.24. The monoisotopic (exact) mass is 201 g/mol. The number of rotatable bonds is 8. The molecule has 0 aliphatic rings. The predicted octanol–water partition coefficient (Wildman–Crippen LogP) is 2.09. The van der Waals surface area contributed by atoms with Gasteiger partial charge in [-0.15, -0.1) is 0 Å². The summed E-state index contributed by atoms with van der Waals surface area (Å²) in [5.74, 6) is -0.0743. The van der Waals surface area contributed by atoms with E-state index < -0.39 is 0 Å². The molecule has 0 fully saturated rings. The van der Waals surface area contributed by atoms with E-state index >= 15 is 0 Å². The molecule has 0 saturated heterocycles. The second-order valence-electron chi connectivity index (χ2n) is 3.71. The minimum Gasteiger partial charge on any atom is -0.465 e. The Morgan fingerprint density at radius 1 is 1.36 bits per heavy atom. The Morgan fingerprint density at radius 2 is 2.07 bits per heavy atom. The lowest BCUT2D eigenvalue weighted by Gasteiger charge is -2.10. The molecule has 84 valence electrons. The summed E-state index contributed by atoms with van der Waals surface area (Å²) >= 11 is 0. The first-order chi connectivity index (χ1) is 6.72. The van der Waals surface area contributed by atoms with E-state index in [9.17, 15) is 4.79 Å². The highest BCUT2D eigenvalue weighted by Crippen LogP contribution is 2.07. The van der Waals surface area contributed by atoms with E-state index in [0.29, 0.717) is 13.2 Å². The number of ether oxygens (including phenoxy) is 1. The lowest BCUT2D eigenvalue weighted by atomic mass is 10.1. The van der Waals surface area contributed by atoms with Crippen molar-refractivity contribution in [3.63, 3.8) is 0 Å². The van der Waals surface area contributed by atoms with Crippen molar-refractivity contribution in [1.82, 2.24) is 0 Å². The van der Waals surface area contributed by atoms with Crippen molar-refractivity contribution in [3.05, 3.63) is 0 Å². The fraction of sp³-hybridized carbons (Fsp3) is 0.909. The van der Waals surface area contributed by atoms with Crippen LogP contribution in [0.1, 0.15) is 46.0 Å². The SMILES string of the molecule is CCCCCOC(=O)C(C)CCCN. The zero-order valence-corrected chi connectivity index (χ0v) is 9.42. The van der Waals surface area contributed by atoms with Crippen LogP contribution < -0.4 is 5.73 Å². The van der Waals surface area contributed by atoms with Crippen molar-refractivity contribution in [2.45, 2.75) is 46.0 Å². The zero-order valence-electron chi connectivity index (χ0n) is 9.42. The molecule has 3 heteroatoms. The summed E-state index contributed by atoms with van der Waals surface area (Å²) in [5.41, 5.74) is 5.36. The first kappa shape index (κ1) is 13.4. The number of unbranched alkanes of at least 4 members (excludes halogenated alkanes) is 2. The highest BCUT2D eigenvalue weighted by molar-refractivity contribution is 5.71. The van der Waals surface area contributed by atoms with E-state index in [1.54, 1.807) is 0 Å². The number of nitrogens with two attached hydrogens (primary N) is 1. The Kier molecular flexibility index (Phi) is 8.64. The van der Waals surface area contributed by atoms with Crippen molar-refractivity contribution in [2.24, 2.45) is 11.7 Å². The molecule has 0 aromatic carbocycles. The molecule has 0 radical (unpaired) electrons. The smallest absolute Gasteiger partial charge is 0.308 e. The molecule has 3 nitrogen and oxygen atoms in total.